The number of hydrogen-bond donors (Lipinski definition) is 3. The average molecular weight is 286 g/mol. The second kappa shape index (κ2) is 6.65. The first kappa shape index (κ1) is 14.7. The summed E-state index contributed by atoms with van der Waals surface area (Å²) in [4.78, 5) is 11.4. The number of hydrogen-bond acceptors (Lipinski definition) is 5. The molecule has 0 amide bonds. The van der Waals surface area contributed by atoms with Gasteiger partial charge in [-0.3, -0.25) is 0 Å². The number of aromatic hydroxyl groups is 1. The smallest absolute Gasteiger partial charge is 0.337 e. The molecule has 0 radical (unpaired) electrons. The standard InChI is InChI=1S/C16H18N2O3/c1-21-16(20)12-4-7-15(14(17)10-12)18-9-8-11-2-5-13(19)6-3-11/h2-7,10,18-19H,8-9,17H2,1H3. The summed E-state index contributed by atoms with van der Waals surface area (Å²) in [5.41, 5.74) is 8.74. The van der Waals surface area contributed by atoms with Crippen molar-refractivity contribution in [3.05, 3.63) is 53.6 Å². The van der Waals surface area contributed by atoms with E-state index < -0.39 is 5.97 Å². The van der Waals surface area contributed by atoms with Crippen LogP contribution in [0.15, 0.2) is 42.5 Å². The lowest BCUT2D eigenvalue weighted by Gasteiger charge is -2.10. The number of benzene rings is 2. The summed E-state index contributed by atoms with van der Waals surface area (Å²) >= 11 is 0. The minimum atomic E-state index is -0.405. The Morgan fingerprint density at radius 3 is 2.57 bits per heavy atom. The topological polar surface area (TPSA) is 84.6 Å². The highest BCUT2D eigenvalue weighted by molar-refractivity contribution is 5.91. The van der Waals surface area contributed by atoms with Gasteiger partial charge in [0.15, 0.2) is 0 Å². The highest BCUT2D eigenvalue weighted by Gasteiger charge is 2.07. The number of anilines is 2. The van der Waals surface area contributed by atoms with Crippen LogP contribution in [0.25, 0.3) is 0 Å². The fourth-order valence-electron chi connectivity index (χ4n) is 1.97. The number of nitrogens with one attached hydrogen (secondary N) is 1. The SMILES string of the molecule is COC(=O)c1ccc(NCCc2ccc(O)cc2)c(N)c1. The summed E-state index contributed by atoms with van der Waals surface area (Å²) in [5.74, 6) is -0.147. The van der Waals surface area contributed by atoms with Crippen LogP contribution in [0, 0.1) is 0 Å². The Bertz CT molecular complexity index is 624. The van der Waals surface area contributed by atoms with Crippen LogP contribution in [0.5, 0.6) is 5.75 Å². The van der Waals surface area contributed by atoms with Crippen LogP contribution in [0.1, 0.15) is 15.9 Å². The fourth-order valence-corrected chi connectivity index (χ4v) is 1.97. The Kier molecular flexibility index (Phi) is 4.66. The van der Waals surface area contributed by atoms with Crippen LogP contribution in [-0.2, 0) is 11.2 Å². The molecule has 0 bridgehead atoms. The van der Waals surface area contributed by atoms with Crippen molar-refractivity contribution in [2.75, 3.05) is 24.7 Å². The van der Waals surface area contributed by atoms with Gasteiger partial charge >= 0.3 is 5.97 Å². The minimum absolute atomic E-state index is 0.259. The van der Waals surface area contributed by atoms with Gasteiger partial charge in [0.05, 0.1) is 24.0 Å². The van der Waals surface area contributed by atoms with Crippen molar-refractivity contribution in [2.45, 2.75) is 6.42 Å². The largest absolute Gasteiger partial charge is 0.508 e. The van der Waals surface area contributed by atoms with Crippen LogP contribution in [0.2, 0.25) is 0 Å². The second-order valence-corrected chi connectivity index (χ2v) is 4.64. The van der Waals surface area contributed by atoms with Gasteiger partial charge in [0.2, 0.25) is 0 Å². The number of carbonyl (C=O) groups is 1. The normalized spacial score (nSPS) is 10.1. The van der Waals surface area contributed by atoms with Gasteiger partial charge in [-0.15, -0.1) is 0 Å². The van der Waals surface area contributed by atoms with Gasteiger partial charge in [0.1, 0.15) is 5.75 Å². The van der Waals surface area contributed by atoms with Crippen molar-refractivity contribution in [3.63, 3.8) is 0 Å². The van der Waals surface area contributed by atoms with Crippen molar-refractivity contribution in [1.82, 2.24) is 0 Å². The number of methoxy groups -OCH3 is 1. The molecule has 0 fully saturated rings. The predicted molar refractivity (Wildman–Crippen MR) is 82.5 cm³/mol. The third-order valence-electron chi connectivity index (χ3n) is 3.14. The Morgan fingerprint density at radius 1 is 1.24 bits per heavy atom. The molecule has 0 spiro atoms. The first-order valence-corrected chi connectivity index (χ1v) is 6.60. The van der Waals surface area contributed by atoms with Gasteiger partial charge in [-0.2, -0.15) is 0 Å². The number of phenols is 1. The highest BCUT2D eigenvalue weighted by Crippen LogP contribution is 2.20. The third-order valence-corrected chi connectivity index (χ3v) is 3.14. The molecule has 5 nitrogen and oxygen atoms in total. The van der Waals surface area contributed by atoms with Crippen molar-refractivity contribution in [3.8, 4) is 5.75 Å². The zero-order valence-corrected chi connectivity index (χ0v) is 11.8. The number of esters is 1. The minimum Gasteiger partial charge on any atom is -0.508 e. The molecule has 0 unspecified atom stereocenters. The van der Waals surface area contributed by atoms with E-state index >= 15 is 0 Å². The lowest BCUT2D eigenvalue weighted by Crippen LogP contribution is -2.08. The van der Waals surface area contributed by atoms with Crippen molar-refractivity contribution in [2.24, 2.45) is 0 Å². The molecular weight excluding hydrogens is 268 g/mol. The van der Waals surface area contributed by atoms with Gasteiger partial charge in [-0.1, -0.05) is 12.1 Å². The molecule has 2 aromatic carbocycles. The Hall–Kier alpha value is -2.69. The van der Waals surface area contributed by atoms with Gasteiger partial charge in [-0.05, 0) is 42.3 Å². The Balaban J connectivity index is 1.94. The van der Waals surface area contributed by atoms with Crippen LogP contribution >= 0.6 is 0 Å². The second-order valence-electron chi connectivity index (χ2n) is 4.64. The lowest BCUT2D eigenvalue weighted by molar-refractivity contribution is 0.0601. The van der Waals surface area contributed by atoms with Gasteiger partial charge in [0.25, 0.3) is 0 Å². The van der Waals surface area contributed by atoms with E-state index in [0.29, 0.717) is 17.8 Å². The third kappa shape index (κ3) is 3.89. The molecule has 0 heterocycles. The number of carbonyl (C=O) groups excluding carboxylic acids is 1. The molecule has 4 N–H and O–H groups in total. The summed E-state index contributed by atoms with van der Waals surface area (Å²) in [6, 6.07) is 12.1. The summed E-state index contributed by atoms with van der Waals surface area (Å²) in [5, 5.41) is 12.4. The number of rotatable bonds is 5. The number of nitrogen functional groups attached to an aromatic ring is 1. The van der Waals surface area contributed by atoms with E-state index in [1.807, 2.05) is 12.1 Å². The molecule has 0 aliphatic rings. The maximum absolute atomic E-state index is 11.4. The molecule has 21 heavy (non-hydrogen) atoms. The van der Waals surface area contributed by atoms with E-state index in [4.69, 9.17) is 5.73 Å². The molecule has 0 saturated heterocycles. The van der Waals surface area contributed by atoms with E-state index in [9.17, 15) is 9.90 Å². The first-order chi connectivity index (χ1) is 10.1. The van der Waals surface area contributed by atoms with Gasteiger partial charge in [0, 0.05) is 6.54 Å². The monoisotopic (exact) mass is 286 g/mol. The molecular formula is C16H18N2O3. The highest BCUT2D eigenvalue weighted by atomic mass is 16.5. The maximum Gasteiger partial charge on any atom is 0.337 e. The Morgan fingerprint density at radius 2 is 1.95 bits per heavy atom. The molecule has 2 rings (SSSR count). The maximum atomic E-state index is 11.4. The summed E-state index contributed by atoms with van der Waals surface area (Å²) in [7, 11) is 1.34. The van der Waals surface area contributed by atoms with E-state index in [1.165, 1.54) is 7.11 Å². The molecule has 0 aromatic heterocycles. The zero-order chi connectivity index (χ0) is 15.2. The van der Waals surface area contributed by atoms with Crippen molar-refractivity contribution >= 4 is 17.3 Å². The van der Waals surface area contributed by atoms with E-state index in [1.54, 1.807) is 30.3 Å². The van der Waals surface area contributed by atoms with E-state index in [-0.39, 0.29) is 5.75 Å². The molecule has 0 aliphatic carbocycles. The molecule has 5 heteroatoms. The fraction of sp³-hybridized carbons (Fsp3) is 0.188. The summed E-state index contributed by atoms with van der Waals surface area (Å²) in [6.07, 6.45) is 0.804. The first-order valence-electron chi connectivity index (χ1n) is 6.60. The van der Waals surface area contributed by atoms with Gasteiger partial charge < -0.3 is 20.9 Å². The van der Waals surface area contributed by atoms with Crippen LogP contribution in [0.4, 0.5) is 11.4 Å². The van der Waals surface area contributed by atoms with Crippen molar-refractivity contribution in [1.29, 1.82) is 0 Å². The molecule has 2 aromatic rings. The molecule has 0 atom stereocenters. The van der Waals surface area contributed by atoms with E-state index in [0.717, 1.165) is 17.7 Å². The van der Waals surface area contributed by atoms with E-state index in [2.05, 4.69) is 10.1 Å². The van der Waals surface area contributed by atoms with Crippen LogP contribution in [0.3, 0.4) is 0 Å². The predicted octanol–water partition coefficient (Wildman–Crippen LogP) is 2.42. The van der Waals surface area contributed by atoms with Crippen LogP contribution in [-0.4, -0.2) is 24.7 Å². The van der Waals surface area contributed by atoms with Gasteiger partial charge in [-0.25, -0.2) is 4.79 Å². The number of ether oxygens (including phenoxy) is 1. The molecule has 0 saturated carbocycles. The number of phenolic OH excluding ortho intramolecular Hbond substituents is 1. The summed E-state index contributed by atoms with van der Waals surface area (Å²) in [6.45, 7) is 0.701. The summed E-state index contributed by atoms with van der Waals surface area (Å²) < 4.78 is 4.64. The average Bonchev–Trinajstić information content (AvgIpc) is 2.50. The molecule has 0 aliphatic heterocycles. The number of nitrogens with two attached hydrogens (primary N) is 1. The lowest BCUT2D eigenvalue weighted by atomic mass is 10.1. The molecule has 110 valence electrons. The quantitative estimate of drug-likeness (QED) is 0.580. The van der Waals surface area contributed by atoms with Crippen molar-refractivity contribution < 1.29 is 14.6 Å². The zero-order valence-electron chi connectivity index (χ0n) is 11.8. The van der Waals surface area contributed by atoms with Crippen LogP contribution < -0.4 is 11.1 Å². The Labute approximate surface area is 123 Å².